The Morgan fingerprint density at radius 1 is 0.731 bits per heavy atom. The zero-order chi connectivity index (χ0) is 19.0. The maximum Gasteiger partial charge on any atom is 1.00 e. The van der Waals surface area contributed by atoms with Gasteiger partial charge in [0.15, 0.2) is 0 Å². The Kier molecular flexibility index (Phi) is 21.5. The van der Waals surface area contributed by atoms with Crippen molar-refractivity contribution in [3.8, 4) is 0 Å². The van der Waals surface area contributed by atoms with E-state index in [1.54, 1.807) is 6.92 Å². The molecule has 0 heterocycles. The Morgan fingerprint density at radius 2 is 1.12 bits per heavy atom. The number of hydrogen-bond donors (Lipinski definition) is 1. The van der Waals surface area contributed by atoms with Gasteiger partial charge in [0, 0.05) is 5.25 Å². The average Bonchev–Trinajstić information content (AvgIpc) is 2.55. The molecule has 0 rings (SSSR count). The van der Waals surface area contributed by atoms with Crippen molar-refractivity contribution in [1.29, 1.82) is 0 Å². The van der Waals surface area contributed by atoms with Crippen LogP contribution in [0.2, 0.25) is 0 Å². The Balaban J connectivity index is 0. The first-order chi connectivity index (χ1) is 11.9. The normalized spacial score (nSPS) is 14.0. The molecular formula is C20H41NaO4S. The van der Waals surface area contributed by atoms with Gasteiger partial charge in [-0.05, 0) is 25.7 Å². The van der Waals surface area contributed by atoms with Gasteiger partial charge in [0.2, 0.25) is 0 Å². The van der Waals surface area contributed by atoms with Crippen molar-refractivity contribution in [3.63, 3.8) is 0 Å². The Labute approximate surface area is 185 Å². The van der Waals surface area contributed by atoms with Gasteiger partial charge < -0.3 is 9.66 Å². The Morgan fingerprint density at radius 3 is 1.50 bits per heavy atom. The van der Waals surface area contributed by atoms with E-state index in [1.807, 2.05) is 0 Å². The van der Waals surface area contributed by atoms with E-state index in [4.69, 9.17) is 0 Å². The fourth-order valence-electron chi connectivity index (χ4n) is 3.32. The van der Waals surface area contributed by atoms with Gasteiger partial charge in [0.25, 0.3) is 0 Å². The van der Waals surface area contributed by atoms with Crippen molar-refractivity contribution >= 4 is 10.1 Å². The molecule has 0 radical (unpaired) electrons. The van der Waals surface area contributed by atoms with Crippen LogP contribution in [0.1, 0.15) is 117 Å². The van der Waals surface area contributed by atoms with Crippen molar-refractivity contribution in [2.75, 3.05) is 0 Å². The monoisotopic (exact) mass is 400 g/mol. The number of rotatable bonds is 18. The molecule has 0 aromatic rings. The van der Waals surface area contributed by atoms with Crippen molar-refractivity contribution in [2.24, 2.45) is 0 Å². The summed E-state index contributed by atoms with van der Waals surface area (Å²) in [5.74, 6) is 0. The number of aliphatic hydroxyl groups excluding tert-OH is 1. The summed E-state index contributed by atoms with van der Waals surface area (Å²) in [7, 11) is -4.11. The number of aliphatic hydroxyl groups is 1. The third kappa shape index (κ3) is 18.2. The first kappa shape index (κ1) is 29.1. The molecule has 6 heteroatoms. The van der Waals surface area contributed by atoms with Crippen molar-refractivity contribution in [1.82, 2.24) is 0 Å². The summed E-state index contributed by atoms with van der Waals surface area (Å²) in [6.07, 6.45) is 16.5. The van der Waals surface area contributed by atoms with Crippen LogP contribution in [0.15, 0.2) is 0 Å². The first-order valence-electron chi connectivity index (χ1n) is 10.5. The second-order valence-electron chi connectivity index (χ2n) is 7.43. The number of hydrogen-bond acceptors (Lipinski definition) is 4. The van der Waals surface area contributed by atoms with E-state index in [9.17, 15) is 18.1 Å². The summed E-state index contributed by atoms with van der Waals surface area (Å²) < 4.78 is 33.0. The third-order valence-corrected chi connectivity index (χ3v) is 6.45. The minimum atomic E-state index is -4.11. The zero-order valence-corrected chi connectivity index (χ0v) is 20.4. The van der Waals surface area contributed by atoms with Crippen molar-refractivity contribution < 1.29 is 47.6 Å². The molecule has 2 atom stereocenters. The summed E-state index contributed by atoms with van der Waals surface area (Å²) in [4.78, 5) is 0. The second-order valence-corrected chi connectivity index (χ2v) is 9.08. The summed E-state index contributed by atoms with van der Waals surface area (Å²) >= 11 is 0. The van der Waals surface area contributed by atoms with E-state index in [1.165, 1.54) is 44.9 Å². The smallest absolute Gasteiger partial charge is 0.748 e. The summed E-state index contributed by atoms with van der Waals surface area (Å²) in [6, 6.07) is 0. The van der Waals surface area contributed by atoms with Gasteiger partial charge in [-0.3, -0.25) is 0 Å². The van der Waals surface area contributed by atoms with Gasteiger partial charge in [-0.1, -0.05) is 90.9 Å². The molecule has 2 unspecified atom stereocenters. The van der Waals surface area contributed by atoms with E-state index < -0.39 is 15.4 Å². The summed E-state index contributed by atoms with van der Waals surface area (Å²) in [5, 5.41) is 9.21. The molecule has 152 valence electrons. The van der Waals surface area contributed by atoms with Crippen LogP contribution in [0.4, 0.5) is 0 Å². The Hall–Kier alpha value is 0.870. The predicted molar refractivity (Wildman–Crippen MR) is 105 cm³/mol. The molecule has 0 aliphatic heterocycles. The predicted octanol–water partition coefficient (Wildman–Crippen LogP) is 2.55. The van der Waals surface area contributed by atoms with E-state index in [2.05, 4.69) is 6.92 Å². The molecule has 0 aliphatic carbocycles. The van der Waals surface area contributed by atoms with Crippen LogP contribution < -0.4 is 29.6 Å². The fourth-order valence-corrected chi connectivity index (χ4v) is 4.18. The molecule has 0 spiro atoms. The van der Waals surface area contributed by atoms with Crippen LogP contribution in [0.25, 0.3) is 0 Å². The topological polar surface area (TPSA) is 77.4 Å². The SMILES string of the molecule is CCCCCCC(O)CCCCCCCCCCC(CC)S(=O)(=O)[O-].[Na+]. The molecule has 4 nitrogen and oxygen atoms in total. The molecule has 0 aromatic heterocycles. The van der Waals surface area contributed by atoms with E-state index in [0.29, 0.717) is 12.8 Å². The fraction of sp³-hybridized carbons (Fsp3) is 1.00. The molecular weight excluding hydrogens is 359 g/mol. The largest absolute Gasteiger partial charge is 1.00 e. The summed E-state index contributed by atoms with van der Waals surface area (Å²) in [5.41, 5.74) is 0. The van der Waals surface area contributed by atoms with Gasteiger partial charge in [-0.2, -0.15) is 0 Å². The zero-order valence-electron chi connectivity index (χ0n) is 17.5. The maximum atomic E-state index is 11.0. The van der Waals surface area contributed by atoms with Gasteiger partial charge in [-0.25, -0.2) is 8.42 Å². The minimum absolute atomic E-state index is 0. The molecule has 0 fully saturated rings. The van der Waals surface area contributed by atoms with Gasteiger partial charge >= 0.3 is 29.6 Å². The van der Waals surface area contributed by atoms with Crippen molar-refractivity contribution in [3.05, 3.63) is 0 Å². The van der Waals surface area contributed by atoms with E-state index in [0.717, 1.165) is 44.9 Å². The molecule has 0 amide bonds. The van der Waals surface area contributed by atoms with Gasteiger partial charge in [0.1, 0.15) is 0 Å². The van der Waals surface area contributed by atoms with E-state index >= 15 is 0 Å². The van der Waals surface area contributed by atoms with E-state index in [-0.39, 0.29) is 35.7 Å². The van der Waals surface area contributed by atoms with Gasteiger partial charge in [-0.15, -0.1) is 0 Å². The molecule has 26 heavy (non-hydrogen) atoms. The molecule has 0 bridgehead atoms. The number of unbranched alkanes of at least 4 members (excludes halogenated alkanes) is 10. The quantitative estimate of drug-likeness (QED) is 0.218. The van der Waals surface area contributed by atoms with Crippen LogP contribution in [0, 0.1) is 0 Å². The molecule has 0 aliphatic rings. The molecule has 0 saturated heterocycles. The maximum absolute atomic E-state index is 11.0. The Bertz CT molecular complexity index is 387. The van der Waals surface area contributed by atoms with Crippen molar-refractivity contribution in [2.45, 2.75) is 128 Å². The standard InChI is InChI=1S/C20H42O4S.Na/c1-3-5-6-13-16-19(21)17-14-11-9-7-8-10-12-15-18-20(4-2)25(22,23)24;/h19-21H,3-18H2,1-2H3,(H,22,23,24);/q;+1/p-1. The third-order valence-electron chi connectivity index (χ3n) is 5.07. The first-order valence-corrected chi connectivity index (χ1v) is 12.0. The average molecular weight is 401 g/mol. The second kappa shape index (κ2) is 19.2. The molecule has 1 N–H and O–H groups in total. The van der Waals surface area contributed by atoms with Crippen LogP contribution in [-0.2, 0) is 10.1 Å². The van der Waals surface area contributed by atoms with Crippen LogP contribution in [0.5, 0.6) is 0 Å². The van der Waals surface area contributed by atoms with Crippen LogP contribution in [0.3, 0.4) is 0 Å². The summed E-state index contributed by atoms with van der Waals surface area (Å²) in [6.45, 7) is 3.97. The van der Waals surface area contributed by atoms with Gasteiger partial charge in [0.05, 0.1) is 16.2 Å². The minimum Gasteiger partial charge on any atom is -0.748 e. The molecule has 0 aromatic carbocycles. The molecule has 0 saturated carbocycles. The van der Waals surface area contributed by atoms with Crippen LogP contribution >= 0.6 is 0 Å². The van der Waals surface area contributed by atoms with Crippen LogP contribution in [-0.4, -0.2) is 29.4 Å².